The van der Waals surface area contributed by atoms with E-state index in [1.54, 1.807) is 7.11 Å². The predicted octanol–water partition coefficient (Wildman–Crippen LogP) is 1.72. The van der Waals surface area contributed by atoms with Gasteiger partial charge in [-0.1, -0.05) is 12.1 Å². The number of benzene rings is 1. The third-order valence-corrected chi connectivity index (χ3v) is 5.15. The SMILES string of the molecule is COc1ccccc1N1CCN2CC3(CCC2C1)OCCO3. The molecule has 0 aliphatic carbocycles. The van der Waals surface area contributed by atoms with Gasteiger partial charge in [-0.25, -0.2) is 0 Å². The lowest BCUT2D eigenvalue weighted by molar-refractivity contribution is -0.198. The van der Waals surface area contributed by atoms with Crippen molar-refractivity contribution in [2.24, 2.45) is 0 Å². The van der Waals surface area contributed by atoms with Crippen LogP contribution in [0.2, 0.25) is 0 Å². The number of piperidine rings is 1. The summed E-state index contributed by atoms with van der Waals surface area (Å²) in [7, 11) is 1.74. The van der Waals surface area contributed by atoms with Gasteiger partial charge in [-0.2, -0.15) is 0 Å². The van der Waals surface area contributed by atoms with Gasteiger partial charge in [-0.05, 0) is 18.6 Å². The highest BCUT2D eigenvalue weighted by Gasteiger charge is 2.45. The normalized spacial score (nSPS) is 27.9. The number of anilines is 1. The van der Waals surface area contributed by atoms with Crippen LogP contribution < -0.4 is 9.64 Å². The van der Waals surface area contributed by atoms with E-state index in [2.05, 4.69) is 21.9 Å². The van der Waals surface area contributed by atoms with E-state index < -0.39 is 0 Å². The first-order valence-electron chi connectivity index (χ1n) is 8.20. The average Bonchev–Trinajstić information content (AvgIpc) is 3.02. The molecule has 3 aliphatic rings. The Bertz CT molecular complexity index is 530. The van der Waals surface area contributed by atoms with Gasteiger partial charge in [0.15, 0.2) is 5.79 Å². The maximum atomic E-state index is 5.88. The first kappa shape index (κ1) is 14.3. The predicted molar refractivity (Wildman–Crippen MR) is 84.4 cm³/mol. The molecular weight excluding hydrogens is 280 g/mol. The summed E-state index contributed by atoms with van der Waals surface area (Å²) < 4.78 is 17.3. The molecule has 5 heteroatoms. The smallest absolute Gasteiger partial charge is 0.181 e. The van der Waals surface area contributed by atoms with Crippen molar-refractivity contribution in [1.82, 2.24) is 4.90 Å². The number of hydrogen-bond acceptors (Lipinski definition) is 5. The van der Waals surface area contributed by atoms with Crippen LogP contribution in [0.15, 0.2) is 24.3 Å². The molecule has 22 heavy (non-hydrogen) atoms. The summed E-state index contributed by atoms with van der Waals surface area (Å²) >= 11 is 0. The Hall–Kier alpha value is -1.30. The molecule has 120 valence electrons. The van der Waals surface area contributed by atoms with E-state index in [4.69, 9.17) is 14.2 Å². The number of hydrogen-bond donors (Lipinski definition) is 0. The third-order valence-electron chi connectivity index (χ3n) is 5.15. The van der Waals surface area contributed by atoms with E-state index in [-0.39, 0.29) is 5.79 Å². The fourth-order valence-electron chi connectivity index (χ4n) is 3.99. The standard InChI is InChI=1S/C17H24N2O3/c1-20-16-5-3-2-4-15(16)18-8-9-19-13-17(21-10-11-22-17)7-6-14(19)12-18/h2-5,14H,6-13H2,1H3. The maximum Gasteiger partial charge on any atom is 0.181 e. The summed E-state index contributed by atoms with van der Waals surface area (Å²) in [5.41, 5.74) is 1.21. The summed E-state index contributed by atoms with van der Waals surface area (Å²) in [6.45, 7) is 5.52. The van der Waals surface area contributed by atoms with Crippen molar-refractivity contribution < 1.29 is 14.2 Å². The lowest BCUT2D eigenvalue weighted by Crippen LogP contribution is -2.61. The molecule has 1 atom stereocenters. The Labute approximate surface area is 131 Å². The van der Waals surface area contributed by atoms with Crippen LogP contribution in [0.5, 0.6) is 5.75 Å². The molecule has 0 bridgehead atoms. The molecule has 3 aliphatic heterocycles. The van der Waals surface area contributed by atoms with Crippen LogP contribution in [-0.4, -0.2) is 63.2 Å². The van der Waals surface area contributed by atoms with Crippen molar-refractivity contribution in [2.75, 3.05) is 51.4 Å². The summed E-state index contributed by atoms with van der Waals surface area (Å²) in [5, 5.41) is 0. The van der Waals surface area contributed by atoms with Gasteiger partial charge in [0.1, 0.15) is 5.75 Å². The Morgan fingerprint density at radius 2 is 2.00 bits per heavy atom. The van der Waals surface area contributed by atoms with Crippen LogP contribution in [0.1, 0.15) is 12.8 Å². The summed E-state index contributed by atoms with van der Waals surface area (Å²) in [4.78, 5) is 5.00. The number of para-hydroxylation sites is 2. The van der Waals surface area contributed by atoms with Crippen molar-refractivity contribution in [3.63, 3.8) is 0 Å². The number of fused-ring (bicyclic) bond motifs is 1. The number of nitrogens with zero attached hydrogens (tertiary/aromatic N) is 2. The van der Waals surface area contributed by atoms with E-state index in [1.165, 1.54) is 5.69 Å². The molecule has 1 spiro atoms. The minimum atomic E-state index is -0.316. The van der Waals surface area contributed by atoms with Gasteiger partial charge in [0, 0.05) is 32.1 Å². The summed E-state index contributed by atoms with van der Waals surface area (Å²) in [5.74, 6) is 0.647. The second kappa shape index (κ2) is 5.72. The molecule has 0 aromatic heterocycles. The Balaban J connectivity index is 1.47. The van der Waals surface area contributed by atoms with Gasteiger partial charge in [0.2, 0.25) is 0 Å². The molecule has 3 fully saturated rings. The second-order valence-electron chi connectivity index (χ2n) is 6.39. The fraction of sp³-hybridized carbons (Fsp3) is 0.647. The van der Waals surface area contributed by atoms with E-state index in [9.17, 15) is 0 Å². The van der Waals surface area contributed by atoms with Gasteiger partial charge < -0.3 is 19.1 Å². The zero-order valence-corrected chi connectivity index (χ0v) is 13.2. The van der Waals surface area contributed by atoms with Crippen LogP contribution in [0.3, 0.4) is 0 Å². The topological polar surface area (TPSA) is 34.2 Å². The molecule has 0 saturated carbocycles. The molecule has 1 unspecified atom stereocenters. The lowest BCUT2D eigenvalue weighted by atomic mass is 9.94. The highest BCUT2D eigenvalue weighted by molar-refractivity contribution is 5.58. The van der Waals surface area contributed by atoms with E-state index >= 15 is 0 Å². The van der Waals surface area contributed by atoms with E-state index in [0.29, 0.717) is 6.04 Å². The molecule has 1 aromatic rings. The Morgan fingerprint density at radius 1 is 1.18 bits per heavy atom. The maximum absolute atomic E-state index is 5.88. The van der Waals surface area contributed by atoms with Crippen LogP contribution in [0, 0.1) is 0 Å². The molecule has 0 N–H and O–H groups in total. The van der Waals surface area contributed by atoms with Crippen molar-refractivity contribution in [2.45, 2.75) is 24.7 Å². The van der Waals surface area contributed by atoms with Gasteiger partial charge in [-0.3, -0.25) is 4.90 Å². The summed E-state index contributed by atoms with van der Waals surface area (Å²) in [6.07, 6.45) is 2.14. The molecule has 0 radical (unpaired) electrons. The highest BCUT2D eigenvalue weighted by atomic mass is 16.7. The largest absolute Gasteiger partial charge is 0.495 e. The van der Waals surface area contributed by atoms with Gasteiger partial charge in [0.25, 0.3) is 0 Å². The van der Waals surface area contributed by atoms with Crippen LogP contribution in [-0.2, 0) is 9.47 Å². The molecule has 0 amide bonds. The van der Waals surface area contributed by atoms with Crippen molar-refractivity contribution in [3.05, 3.63) is 24.3 Å². The Morgan fingerprint density at radius 3 is 2.82 bits per heavy atom. The quantitative estimate of drug-likeness (QED) is 0.831. The molecule has 3 heterocycles. The van der Waals surface area contributed by atoms with Crippen molar-refractivity contribution >= 4 is 5.69 Å². The van der Waals surface area contributed by atoms with Crippen LogP contribution >= 0.6 is 0 Å². The average molecular weight is 304 g/mol. The highest BCUT2D eigenvalue weighted by Crippen LogP contribution is 2.36. The van der Waals surface area contributed by atoms with Crippen LogP contribution in [0.25, 0.3) is 0 Å². The van der Waals surface area contributed by atoms with E-state index in [1.807, 2.05) is 12.1 Å². The summed E-state index contributed by atoms with van der Waals surface area (Å²) in [6, 6.07) is 8.88. The van der Waals surface area contributed by atoms with Gasteiger partial charge in [0.05, 0.1) is 32.6 Å². The van der Waals surface area contributed by atoms with Crippen LogP contribution in [0.4, 0.5) is 5.69 Å². The zero-order chi connectivity index (χ0) is 15.0. The lowest BCUT2D eigenvalue weighted by Gasteiger charge is -2.49. The first-order valence-corrected chi connectivity index (χ1v) is 8.20. The van der Waals surface area contributed by atoms with Gasteiger partial charge in [-0.15, -0.1) is 0 Å². The zero-order valence-electron chi connectivity index (χ0n) is 13.2. The van der Waals surface area contributed by atoms with Crippen molar-refractivity contribution in [3.8, 4) is 5.75 Å². The molecular formula is C17H24N2O3. The molecule has 5 nitrogen and oxygen atoms in total. The Kier molecular flexibility index (Phi) is 3.72. The number of ether oxygens (including phenoxy) is 3. The third kappa shape index (κ3) is 2.47. The minimum Gasteiger partial charge on any atom is -0.495 e. The van der Waals surface area contributed by atoms with E-state index in [0.717, 1.165) is 58.0 Å². The number of methoxy groups -OCH3 is 1. The van der Waals surface area contributed by atoms with Crippen molar-refractivity contribution in [1.29, 1.82) is 0 Å². The van der Waals surface area contributed by atoms with Gasteiger partial charge >= 0.3 is 0 Å². The minimum absolute atomic E-state index is 0.316. The molecule has 3 saturated heterocycles. The monoisotopic (exact) mass is 304 g/mol. The number of piperazine rings is 1. The molecule has 4 rings (SSSR count). The second-order valence-corrected chi connectivity index (χ2v) is 6.39. The number of rotatable bonds is 2. The fourth-order valence-corrected chi connectivity index (χ4v) is 3.99. The first-order chi connectivity index (χ1) is 10.8. The molecule has 1 aromatic carbocycles.